The minimum atomic E-state index is -0.811. The molecule has 1 atom stereocenters. The van der Waals surface area contributed by atoms with Crippen LogP contribution in [-0.4, -0.2) is 35.9 Å². The highest BCUT2D eigenvalue weighted by atomic mass is 32.2. The smallest absolute Gasteiger partial charge is 0.222 e. The Balaban J connectivity index is 2.18. The van der Waals surface area contributed by atoms with Crippen molar-refractivity contribution >= 4 is 17.7 Å². The van der Waals surface area contributed by atoms with Gasteiger partial charge in [0.05, 0.1) is 0 Å². The van der Waals surface area contributed by atoms with E-state index >= 15 is 0 Å². The van der Waals surface area contributed by atoms with Gasteiger partial charge in [0.25, 0.3) is 0 Å². The third kappa shape index (κ3) is 3.51. The van der Waals surface area contributed by atoms with Crippen LogP contribution < -0.4 is 0 Å². The number of amides is 1. The van der Waals surface area contributed by atoms with E-state index in [2.05, 4.69) is 0 Å². The summed E-state index contributed by atoms with van der Waals surface area (Å²) in [7, 11) is 0. The van der Waals surface area contributed by atoms with E-state index in [-0.39, 0.29) is 11.8 Å². The van der Waals surface area contributed by atoms with Crippen LogP contribution in [0.5, 0.6) is 0 Å². The summed E-state index contributed by atoms with van der Waals surface area (Å²) in [5.74, 6) is -0.702. The average Bonchev–Trinajstić information content (AvgIpc) is 2.62. The predicted molar refractivity (Wildman–Crippen MR) is 77.9 cm³/mol. The van der Waals surface area contributed by atoms with Gasteiger partial charge in [0.2, 0.25) is 5.91 Å². The van der Waals surface area contributed by atoms with Gasteiger partial charge in [-0.05, 0) is 30.7 Å². The van der Waals surface area contributed by atoms with Crippen molar-refractivity contribution in [3.63, 3.8) is 0 Å². The first kappa shape index (κ1) is 15.3. The summed E-state index contributed by atoms with van der Waals surface area (Å²) in [5.41, 5.74) is 0.397. The van der Waals surface area contributed by atoms with Gasteiger partial charge in [0.15, 0.2) is 11.6 Å². The molecule has 5 heteroatoms. The lowest BCUT2D eigenvalue weighted by Gasteiger charge is -2.25. The molecule has 1 aliphatic heterocycles. The number of carbonyl (C=O) groups excluding carboxylic acids is 1. The molecule has 0 N–H and O–H groups in total. The van der Waals surface area contributed by atoms with Crippen molar-refractivity contribution in [3.8, 4) is 0 Å². The second-order valence-electron chi connectivity index (χ2n) is 5.06. The summed E-state index contributed by atoms with van der Waals surface area (Å²) in [5, 5.41) is 0. The first-order valence-corrected chi connectivity index (χ1v) is 8.23. The number of halogens is 2. The maximum atomic E-state index is 13.9. The SMILES string of the molecule is CSCCN1C[C@H](c2cccc(F)c2F)CCCC1=O. The summed E-state index contributed by atoms with van der Waals surface area (Å²) in [4.78, 5) is 13.8. The predicted octanol–water partition coefficient (Wildman–Crippen LogP) is 3.42. The van der Waals surface area contributed by atoms with Crippen LogP contribution in [0.3, 0.4) is 0 Å². The average molecular weight is 299 g/mol. The lowest BCUT2D eigenvalue weighted by molar-refractivity contribution is -0.130. The largest absolute Gasteiger partial charge is 0.341 e. The van der Waals surface area contributed by atoms with Crippen molar-refractivity contribution in [1.29, 1.82) is 0 Å². The summed E-state index contributed by atoms with van der Waals surface area (Å²) in [6.45, 7) is 1.16. The molecule has 0 saturated carbocycles. The molecule has 0 bridgehead atoms. The minimum absolute atomic E-state index is 0.112. The normalized spacial score (nSPS) is 20.1. The second kappa shape index (κ2) is 7.07. The highest BCUT2D eigenvalue weighted by molar-refractivity contribution is 7.98. The van der Waals surface area contributed by atoms with Crippen LogP contribution in [0.1, 0.15) is 30.7 Å². The zero-order valence-corrected chi connectivity index (χ0v) is 12.4. The number of thioether (sulfide) groups is 1. The number of rotatable bonds is 4. The van der Waals surface area contributed by atoms with E-state index in [0.717, 1.165) is 24.7 Å². The topological polar surface area (TPSA) is 20.3 Å². The van der Waals surface area contributed by atoms with Gasteiger partial charge in [-0.25, -0.2) is 8.78 Å². The second-order valence-corrected chi connectivity index (χ2v) is 6.05. The van der Waals surface area contributed by atoms with E-state index in [4.69, 9.17) is 0 Å². The third-order valence-electron chi connectivity index (χ3n) is 3.72. The van der Waals surface area contributed by atoms with E-state index in [1.165, 1.54) is 6.07 Å². The van der Waals surface area contributed by atoms with Crippen LogP contribution in [0.2, 0.25) is 0 Å². The zero-order chi connectivity index (χ0) is 14.5. The van der Waals surface area contributed by atoms with Crippen molar-refractivity contribution in [3.05, 3.63) is 35.4 Å². The highest BCUT2D eigenvalue weighted by Gasteiger charge is 2.26. The number of likely N-dealkylation sites (tertiary alicyclic amines) is 1. The minimum Gasteiger partial charge on any atom is -0.341 e. The molecule has 0 radical (unpaired) electrons. The number of nitrogens with zero attached hydrogens (tertiary/aromatic N) is 1. The van der Waals surface area contributed by atoms with Crippen LogP contribution in [0.25, 0.3) is 0 Å². The van der Waals surface area contributed by atoms with Crippen LogP contribution >= 0.6 is 11.8 Å². The molecule has 0 spiro atoms. The standard InChI is InChI=1S/C15H19F2NOS/c1-20-9-8-18-10-11(4-2-7-14(18)19)12-5-3-6-13(16)15(12)17/h3,5-6,11H,2,4,7-10H2,1H3/t11-/m1/s1. The van der Waals surface area contributed by atoms with Crippen LogP contribution in [0, 0.1) is 11.6 Å². The molecular weight excluding hydrogens is 280 g/mol. The molecule has 2 nitrogen and oxygen atoms in total. The van der Waals surface area contributed by atoms with Gasteiger partial charge >= 0.3 is 0 Å². The van der Waals surface area contributed by atoms with E-state index in [1.54, 1.807) is 22.7 Å². The fraction of sp³-hybridized carbons (Fsp3) is 0.533. The van der Waals surface area contributed by atoms with E-state index in [1.807, 2.05) is 6.26 Å². The zero-order valence-electron chi connectivity index (χ0n) is 11.6. The molecule has 1 aliphatic rings. The first-order valence-electron chi connectivity index (χ1n) is 6.84. The Labute approximate surface area is 122 Å². The number of benzene rings is 1. The summed E-state index contributed by atoms with van der Waals surface area (Å²) in [6, 6.07) is 4.30. The van der Waals surface area contributed by atoms with E-state index < -0.39 is 11.6 Å². The van der Waals surface area contributed by atoms with Crippen molar-refractivity contribution in [2.75, 3.05) is 25.1 Å². The summed E-state index contributed by atoms with van der Waals surface area (Å²) in [6.07, 6.45) is 3.95. The molecule has 0 unspecified atom stereocenters. The van der Waals surface area contributed by atoms with Gasteiger partial charge in [-0.2, -0.15) is 11.8 Å². The number of hydrogen-bond donors (Lipinski definition) is 0. The van der Waals surface area contributed by atoms with Gasteiger partial charge in [-0.1, -0.05) is 12.1 Å². The fourth-order valence-corrected chi connectivity index (χ4v) is 3.03. The number of hydrogen-bond acceptors (Lipinski definition) is 2. The fourth-order valence-electron chi connectivity index (χ4n) is 2.62. The molecular formula is C15H19F2NOS. The Morgan fingerprint density at radius 1 is 1.40 bits per heavy atom. The maximum Gasteiger partial charge on any atom is 0.222 e. The molecule has 20 heavy (non-hydrogen) atoms. The monoisotopic (exact) mass is 299 g/mol. The molecule has 1 aromatic rings. The summed E-state index contributed by atoms with van der Waals surface area (Å²) >= 11 is 1.68. The molecule has 0 aliphatic carbocycles. The van der Waals surface area contributed by atoms with Gasteiger partial charge in [-0.15, -0.1) is 0 Å². The van der Waals surface area contributed by atoms with Gasteiger partial charge in [0.1, 0.15) is 0 Å². The summed E-state index contributed by atoms with van der Waals surface area (Å²) < 4.78 is 27.3. The van der Waals surface area contributed by atoms with E-state index in [0.29, 0.717) is 25.1 Å². The van der Waals surface area contributed by atoms with Crippen molar-refractivity contribution in [2.24, 2.45) is 0 Å². The molecule has 0 aromatic heterocycles. The van der Waals surface area contributed by atoms with Gasteiger partial charge in [0, 0.05) is 31.2 Å². The third-order valence-corrected chi connectivity index (χ3v) is 4.31. The van der Waals surface area contributed by atoms with Crippen molar-refractivity contribution in [1.82, 2.24) is 4.90 Å². The van der Waals surface area contributed by atoms with Crippen LogP contribution in [0.15, 0.2) is 18.2 Å². The Morgan fingerprint density at radius 3 is 2.95 bits per heavy atom. The molecule has 1 amide bonds. The van der Waals surface area contributed by atoms with Crippen LogP contribution in [-0.2, 0) is 4.79 Å². The molecule has 1 fully saturated rings. The Morgan fingerprint density at radius 2 is 2.20 bits per heavy atom. The lowest BCUT2D eigenvalue weighted by Crippen LogP contribution is -2.34. The van der Waals surface area contributed by atoms with Gasteiger partial charge < -0.3 is 4.90 Å². The molecule has 1 saturated heterocycles. The highest BCUT2D eigenvalue weighted by Crippen LogP contribution is 2.29. The first-order chi connectivity index (χ1) is 9.63. The van der Waals surface area contributed by atoms with E-state index in [9.17, 15) is 13.6 Å². The van der Waals surface area contributed by atoms with Crippen molar-refractivity contribution in [2.45, 2.75) is 25.2 Å². The Bertz CT molecular complexity index is 481. The lowest BCUT2D eigenvalue weighted by atomic mass is 9.93. The quantitative estimate of drug-likeness (QED) is 0.849. The van der Waals surface area contributed by atoms with Crippen molar-refractivity contribution < 1.29 is 13.6 Å². The molecule has 110 valence electrons. The maximum absolute atomic E-state index is 13.9. The van der Waals surface area contributed by atoms with Crippen LogP contribution in [0.4, 0.5) is 8.78 Å². The Hall–Kier alpha value is -1.10. The van der Waals surface area contributed by atoms with Gasteiger partial charge in [-0.3, -0.25) is 4.79 Å². The molecule has 2 rings (SSSR count). The molecule has 1 heterocycles. The Kier molecular flexibility index (Phi) is 5.40. The molecule has 1 aromatic carbocycles. The number of carbonyl (C=O) groups is 1.